The first kappa shape index (κ1) is 3.44. The molecule has 2 heteroatoms. The molecule has 30 valence electrons. The van der Waals surface area contributed by atoms with E-state index in [1.807, 2.05) is 0 Å². The van der Waals surface area contributed by atoms with Gasteiger partial charge in [0.05, 0.1) is 6.61 Å². The van der Waals surface area contributed by atoms with Crippen molar-refractivity contribution in [2.45, 2.75) is 12.0 Å². The predicted octanol–water partition coefficient (Wildman–Crippen LogP) is 0.972. The summed E-state index contributed by atoms with van der Waals surface area (Å²) >= 11 is 5.33. The van der Waals surface area contributed by atoms with Gasteiger partial charge in [0.1, 0.15) is 5.56 Å². The largest absolute Gasteiger partial charge is 0.362 e. The SMILES string of the molecule is ClC1CCO1. The molecule has 0 spiro atoms. The Morgan fingerprint density at radius 2 is 2.20 bits per heavy atom. The van der Waals surface area contributed by atoms with Gasteiger partial charge in [-0.3, -0.25) is 0 Å². The van der Waals surface area contributed by atoms with E-state index in [1.165, 1.54) is 0 Å². The van der Waals surface area contributed by atoms with Crippen LogP contribution >= 0.6 is 11.6 Å². The topological polar surface area (TPSA) is 9.23 Å². The number of hydrogen-bond acceptors (Lipinski definition) is 1. The van der Waals surface area contributed by atoms with Gasteiger partial charge in [-0.25, -0.2) is 0 Å². The molecule has 0 N–H and O–H groups in total. The minimum absolute atomic E-state index is 0.0370. The van der Waals surface area contributed by atoms with Crippen LogP contribution in [0.1, 0.15) is 6.42 Å². The molecule has 0 aromatic heterocycles. The molecule has 1 atom stereocenters. The molecule has 1 saturated heterocycles. The number of ether oxygens (including phenoxy) is 1. The highest BCUT2D eigenvalue weighted by Gasteiger charge is 2.12. The lowest BCUT2D eigenvalue weighted by molar-refractivity contribution is 0.00443. The van der Waals surface area contributed by atoms with Gasteiger partial charge >= 0.3 is 0 Å². The molecule has 0 aromatic rings. The van der Waals surface area contributed by atoms with Crippen molar-refractivity contribution in [3.8, 4) is 0 Å². The van der Waals surface area contributed by atoms with E-state index in [4.69, 9.17) is 16.3 Å². The van der Waals surface area contributed by atoms with Crippen molar-refractivity contribution in [2.24, 2.45) is 0 Å². The van der Waals surface area contributed by atoms with Crippen molar-refractivity contribution < 1.29 is 4.74 Å². The first-order chi connectivity index (χ1) is 2.39. The maximum absolute atomic E-state index is 5.33. The molecule has 0 amide bonds. The fraction of sp³-hybridized carbons (Fsp3) is 1.00. The highest BCUT2D eigenvalue weighted by atomic mass is 35.5. The first-order valence-corrected chi connectivity index (χ1v) is 2.09. The molecule has 0 aliphatic carbocycles. The standard InChI is InChI=1S/C3H5ClO/c4-3-1-2-5-3/h3H,1-2H2. The molecule has 0 aromatic carbocycles. The molecule has 1 nitrogen and oxygen atoms in total. The van der Waals surface area contributed by atoms with Crippen molar-refractivity contribution in [3.63, 3.8) is 0 Å². The summed E-state index contributed by atoms with van der Waals surface area (Å²) in [7, 11) is 0. The molecular formula is C3H5ClO. The van der Waals surface area contributed by atoms with Gasteiger partial charge in [0.2, 0.25) is 0 Å². The third-order valence-electron chi connectivity index (χ3n) is 0.644. The molecule has 1 heterocycles. The van der Waals surface area contributed by atoms with Gasteiger partial charge in [0.25, 0.3) is 0 Å². The van der Waals surface area contributed by atoms with E-state index < -0.39 is 0 Å². The molecule has 0 saturated carbocycles. The quantitative estimate of drug-likeness (QED) is 0.405. The zero-order chi connectivity index (χ0) is 3.70. The highest BCUT2D eigenvalue weighted by Crippen LogP contribution is 2.13. The molecule has 1 unspecified atom stereocenters. The Bertz CT molecular complexity index is 33.9. The van der Waals surface area contributed by atoms with Gasteiger partial charge in [0.15, 0.2) is 0 Å². The molecule has 0 radical (unpaired) electrons. The van der Waals surface area contributed by atoms with Gasteiger partial charge in [-0.1, -0.05) is 11.6 Å². The van der Waals surface area contributed by atoms with Crippen LogP contribution in [-0.2, 0) is 4.74 Å². The van der Waals surface area contributed by atoms with E-state index in [-0.39, 0.29) is 5.56 Å². The molecule has 1 fully saturated rings. The fourth-order valence-electron chi connectivity index (χ4n) is 0.207. The van der Waals surface area contributed by atoms with E-state index in [1.54, 1.807) is 0 Å². The van der Waals surface area contributed by atoms with E-state index in [0.29, 0.717) is 0 Å². The summed E-state index contributed by atoms with van der Waals surface area (Å²) in [5.74, 6) is 0. The lowest BCUT2D eigenvalue weighted by Crippen LogP contribution is -2.19. The molecule has 0 bridgehead atoms. The highest BCUT2D eigenvalue weighted by molar-refractivity contribution is 6.20. The van der Waals surface area contributed by atoms with Crippen molar-refractivity contribution in [2.75, 3.05) is 6.61 Å². The lowest BCUT2D eigenvalue weighted by Gasteiger charge is -2.18. The van der Waals surface area contributed by atoms with Crippen molar-refractivity contribution in [1.29, 1.82) is 0 Å². The minimum Gasteiger partial charge on any atom is -0.362 e. The average Bonchev–Trinajstić information content (AvgIpc) is 1.30. The van der Waals surface area contributed by atoms with Crippen LogP contribution < -0.4 is 0 Å². The number of hydrogen-bond donors (Lipinski definition) is 0. The van der Waals surface area contributed by atoms with Crippen LogP contribution in [0.25, 0.3) is 0 Å². The van der Waals surface area contributed by atoms with Crippen LogP contribution in [-0.4, -0.2) is 12.2 Å². The third kappa shape index (κ3) is 0.551. The third-order valence-corrected chi connectivity index (χ3v) is 0.988. The van der Waals surface area contributed by atoms with Gasteiger partial charge in [-0.15, -0.1) is 0 Å². The fourth-order valence-corrected chi connectivity index (χ4v) is 0.385. The van der Waals surface area contributed by atoms with E-state index in [9.17, 15) is 0 Å². The number of rotatable bonds is 0. The second-order valence-electron chi connectivity index (χ2n) is 1.07. The summed E-state index contributed by atoms with van der Waals surface area (Å²) in [4.78, 5) is 0. The molecular weight excluding hydrogens is 87.5 g/mol. The molecule has 1 aliphatic heterocycles. The molecule has 5 heavy (non-hydrogen) atoms. The second kappa shape index (κ2) is 1.15. The number of alkyl halides is 1. The Morgan fingerprint density at radius 1 is 1.80 bits per heavy atom. The van der Waals surface area contributed by atoms with E-state index >= 15 is 0 Å². The van der Waals surface area contributed by atoms with Crippen LogP contribution in [0.3, 0.4) is 0 Å². The normalized spacial score (nSPS) is 36.6. The summed E-state index contributed by atoms with van der Waals surface area (Å²) in [6, 6.07) is 0. The van der Waals surface area contributed by atoms with Gasteiger partial charge < -0.3 is 4.74 Å². The Hall–Kier alpha value is 0.250. The first-order valence-electron chi connectivity index (χ1n) is 1.65. The summed E-state index contributed by atoms with van der Waals surface area (Å²) in [5.41, 5.74) is 0.0370. The summed E-state index contributed by atoms with van der Waals surface area (Å²) in [5, 5.41) is 0. The lowest BCUT2D eigenvalue weighted by atomic mass is 10.4. The summed E-state index contributed by atoms with van der Waals surface area (Å²) in [6.45, 7) is 0.855. The maximum atomic E-state index is 5.33. The van der Waals surface area contributed by atoms with Crippen molar-refractivity contribution in [3.05, 3.63) is 0 Å². The number of halogens is 1. The average molecular weight is 92.5 g/mol. The Morgan fingerprint density at radius 3 is 2.20 bits per heavy atom. The monoisotopic (exact) mass is 92.0 g/mol. The van der Waals surface area contributed by atoms with Crippen molar-refractivity contribution in [1.82, 2.24) is 0 Å². The second-order valence-corrected chi connectivity index (χ2v) is 1.56. The molecule has 1 aliphatic rings. The van der Waals surface area contributed by atoms with Gasteiger partial charge in [-0.2, -0.15) is 0 Å². The Kier molecular flexibility index (Phi) is 0.791. The van der Waals surface area contributed by atoms with Crippen LogP contribution in [0.4, 0.5) is 0 Å². The van der Waals surface area contributed by atoms with Gasteiger partial charge in [0, 0.05) is 6.42 Å². The van der Waals surface area contributed by atoms with Crippen LogP contribution in [0, 0.1) is 0 Å². The zero-order valence-corrected chi connectivity index (χ0v) is 3.53. The summed E-state index contributed by atoms with van der Waals surface area (Å²) < 4.78 is 4.70. The van der Waals surface area contributed by atoms with E-state index in [0.717, 1.165) is 13.0 Å². The zero-order valence-electron chi connectivity index (χ0n) is 2.78. The van der Waals surface area contributed by atoms with Gasteiger partial charge in [-0.05, 0) is 0 Å². The maximum Gasteiger partial charge on any atom is 0.133 e. The Balaban J connectivity index is 2.08. The minimum atomic E-state index is 0.0370. The van der Waals surface area contributed by atoms with Crippen LogP contribution in [0.5, 0.6) is 0 Å². The smallest absolute Gasteiger partial charge is 0.133 e. The van der Waals surface area contributed by atoms with E-state index in [2.05, 4.69) is 0 Å². The predicted molar refractivity (Wildman–Crippen MR) is 20.2 cm³/mol. The van der Waals surface area contributed by atoms with Crippen LogP contribution in [0.2, 0.25) is 0 Å². The Labute approximate surface area is 35.9 Å². The van der Waals surface area contributed by atoms with Crippen LogP contribution in [0.15, 0.2) is 0 Å². The van der Waals surface area contributed by atoms with Crippen molar-refractivity contribution >= 4 is 11.6 Å². The summed E-state index contributed by atoms with van der Waals surface area (Å²) in [6.07, 6.45) is 1.03. The molecule has 1 rings (SSSR count).